The van der Waals surface area contributed by atoms with Crippen LogP contribution in [0.5, 0.6) is 0 Å². The summed E-state index contributed by atoms with van der Waals surface area (Å²) in [6.45, 7) is 15.0. The Bertz CT molecular complexity index is 1090. The van der Waals surface area contributed by atoms with E-state index in [1.807, 2.05) is 0 Å². The fourth-order valence-electron chi connectivity index (χ4n) is 4.43. The van der Waals surface area contributed by atoms with Gasteiger partial charge in [0.05, 0.1) is 11.4 Å². The molecular weight excluding hydrogens is 390 g/mol. The average Bonchev–Trinajstić information content (AvgIpc) is 2.79. The summed E-state index contributed by atoms with van der Waals surface area (Å²) in [4.78, 5) is 12.4. The van der Waals surface area contributed by atoms with Crippen molar-refractivity contribution < 1.29 is 0 Å². The molecule has 0 N–H and O–H groups in total. The fourth-order valence-corrected chi connectivity index (χ4v) is 4.43. The minimum atomic E-state index is 0.454. The van der Waals surface area contributed by atoms with Crippen molar-refractivity contribution in [1.82, 2.24) is 9.97 Å². The van der Waals surface area contributed by atoms with Crippen molar-refractivity contribution >= 4 is 11.5 Å². The largest absolute Gasteiger partial charge is 0.341 e. The molecule has 1 fully saturated rings. The van der Waals surface area contributed by atoms with Gasteiger partial charge in [-0.15, -0.1) is 0 Å². The van der Waals surface area contributed by atoms with Crippen molar-refractivity contribution in [2.45, 2.75) is 53.4 Å². The highest BCUT2D eigenvalue weighted by Gasteiger charge is 2.17. The Morgan fingerprint density at radius 3 is 2.31 bits per heavy atom. The third-order valence-corrected chi connectivity index (χ3v) is 6.47. The lowest BCUT2D eigenvalue weighted by molar-refractivity contribution is 0.567. The Hall–Kier alpha value is -2.94. The molecule has 3 heteroatoms. The second kappa shape index (κ2) is 9.68. The monoisotopic (exact) mass is 425 g/mol. The summed E-state index contributed by atoms with van der Waals surface area (Å²) in [7, 11) is 0. The van der Waals surface area contributed by atoms with Crippen LogP contribution < -0.4 is 4.90 Å². The molecule has 1 aliphatic rings. The van der Waals surface area contributed by atoms with E-state index in [0.29, 0.717) is 5.92 Å². The number of anilines is 1. The van der Waals surface area contributed by atoms with Gasteiger partial charge in [0, 0.05) is 25.1 Å². The van der Waals surface area contributed by atoms with Gasteiger partial charge in [-0.2, -0.15) is 0 Å². The van der Waals surface area contributed by atoms with E-state index in [0.717, 1.165) is 36.8 Å². The first-order chi connectivity index (χ1) is 15.4. The van der Waals surface area contributed by atoms with E-state index < -0.39 is 0 Å². The Morgan fingerprint density at radius 2 is 1.66 bits per heavy atom. The van der Waals surface area contributed by atoms with Crippen molar-refractivity contribution in [3.05, 3.63) is 83.1 Å². The smallest absolute Gasteiger partial charge is 0.226 e. The third kappa shape index (κ3) is 5.09. The van der Waals surface area contributed by atoms with E-state index in [2.05, 4.69) is 87.7 Å². The summed E-state index contributed by atoms with van der Waals surface area (Å²) in [5.74, 6) is 1.33. The fraction of sp³-hybridized carbons (Fsp3) is 0.379. The van der Waals surface area contributed by atoms with Crippen LogP contribution in [-0.4, -0.2) is 23.1 Å². The molecule has 1 aromatic heterocycles. The van der Waals surface area contributed by atoms with Gasteiger partial charge in [0.2, 0.25) is 5.95 Å². The number of benzene rings is 2. The highest BCUT2D eigenvalue weighted by Crippen LogP contribution is 2.27. The first-order valence-corrected chi connectivity index (χ1v) is 11.9. The van der Waals surface area contributed by atoms with Crippen molar-refractivity contribution in [3.8, 4) is 11.3 Å². The Kier molecular flexibility index (Phi) is 6.74. The predicted molar refractivity (Wildman–Crippen MR) is 136 cm³/mol. The summed E-state index contributed by atoms with van der Waals surface area (Å²) < 4.78 is 0. The number of hydrogen-bond acceptors (Lipinski definition) is 3. The van der Waals surface area contributed by atoms with Crippen molar-refractivity contribution in [2.24, 2.45) is 5.92 Å². The number of aryl methyl sites for hydroxylation is 2. The number of nitrogens with zero attached hydrogens (tertiary/aromatic N) is 3. The lowest BCUT2D eigenvalue weighted by Gasteiger charge is -2.27. The number of piperidine rings is 1. The van der Waals surface area contributed by atoms with Crippen LogP contribution in [0.1, 0.15) is 61.1 Å². The Morgan fingerprint density at radius 1 is 0.938 bits per heavy atom. The molecule has 166 valence electrons. The molecule has 0 radical (unpaired) electrons. The predicted octanol–water partition coefficient (Wildman–Crippen LogP) is 7.01. The van der Waals surface area contributed by atoms with Gasteiger partial charge in [-0.1, -0.05) is 68.5 Å². The minimum absolute atomic E-state index is 0.454. The molecule has 0 aliphatic carbocycles. The molecule has 3 aromatic rings. The third-order valence-electron chi connectivity index (χ3n) is 6.47. The number of rotatable bonds is 6. The molecule has 32 heavy (non-hydrogen) atoms. The maximum atomic E-state index is 5.02. The van der Waals surface area contributed by atoms with E-state index in [1.54, 1.807) is 0 Å². The highest BCUT2D eigenvalue weighted by atomic mass is 15.3. The maximum absolute atomic E-state index is 5.02. The molecule has 0 bridgehead atoms. The summed E-state index contributed by atoms with van der Waals surface area (Å²) in [5, 5.41) is 0. The SMILES string of the molecule is C=C(c1ccc(Cc2cc(-c3ccc(C)cc3C)nc(N3CCCCC3)n2)cc1)C(C)C. The van der Waals surface area contributed by atoms with Crippen molar-refractivity contribution in [2.75, 3.05) is 18.0 Å². The first kappa shape index (κ1) is 22.3. The molecule has 4 rings (SSSR count). The van der Waals surface area contributed by atoms with Crippen LogP contribution in [0.2, 0.25) is 0 Å². The molecule has 0 amide bonds. The van der Waals surface area contributed by atoms with Gasteiger partial charge in [0.1, 0.15) is 0 Å². The second-order valence-electron chi connectivity index (χ2n) is 9.46. The lowest BCUT2D eigenvalue weighted by atomic mass is 9.95. The van der Waals surface area contributed by atoms with Crippen molar-refractivity contribution in [1.29, 1.82) is 0 Å². The average molecular weight is 426 g/mol. The van der Waals surface area contributed by atoms with Crippen LogP contribution in [0.25, 0.3) is 16.8 Å². The molecule has 1 saturated heterocycles. The molecule has 2 aromatic carbocycles. The highest BCUT2D eigenvalue weighted by molar-refractivity contribution is 5.66. The molecular formula is C29H35N3. The summed E-state index contributed by atoms with van der Waals surface area (Å²) in [6.07, 6.45) is 4.53. The van der Waals surface area contributed by atoms with E-state index in [4.69, 9.17) is 9.97 Å². The lowest BCUT2D eigenvalue weighted by Crippen LogP contribution is -2.31. The van der Waals surface area contributed by atoms with E-state index in [-0.39, 0.29) is 0 Å². The van der Waals surface area contributed by atoms with Crippen molar-refractivity contribution in [3.63, 3.8) is 0 Å². The normalized spacial score (nSPS) is 14.1. The van der Waals surface area contributed by atoms with Gasteiger partial charge in [-0.25, -0.2) is 9.97 Å². The molecule has 2 heterocycles. The molecule has 0 atom stereocenters. The Labute approximate surface area is 193 Å². The van der Waals surface area contributed by atoms with Crippen LogP contribution >= 0.6 is 0 Å². The zero-order chi connectivity index (χ0) is 22.7. The van der Waals surface area contributed by atoms with Gasteiger partial charge >= 0.3 is 0 Å². The summed E-state index contributed by atoms with van der Waals surface area (Å²) >= 11 is 0. The van der Waals surface area contributed by atoms with Crippen LogP contribution in [0.4, 0.5) is 5.95 Å². The topological polar surface area (TPSA) is 29.0 Å². The molecule has 0 spiro atoms. The maximum Gasteiger partial charge on any atom is 0.226 e. The minimum Gasteiger partial charge on any atom is -0.341 e. The molecule has 0 unspecified atom stereocenters. The molecule has 0 saturated carbocycles. The standard InChI is InChI=1S/C29H35N3/c1-20(2)23(5)25-12-10-24(11-13-25)18-26-19-28(27-14-9-21(3)17-22(27)4)31-29(30-26)32-15-7-6-8-16-32/h9-14,17,19-20H,5-8,15-16,18H2,1-4H3. The summed E-state index contributed by atoms with van der Waals surface area (Å²) in [6, 6.07) is 17.6. The number of aromatic nitrogens is 2. The van der Waals surface area contributed by atoms with Gasteiger partial charge < -0.3 is 4.90 Å². The van der Waals surface area contributed by atoms with Gasteiger partial charge in [0.15, 0.2) is 0 Å². The molecule has 3 nitrogen and oxygen atoms in total. The number of hydrogen-bond donors (Lipinski definition) is 0. The van der Waals surface area contributed by atoms with Crippen LogP contribution in [-0.2, 0) is 6.42 Å². The summed E-state index contributed by atoms with van der Waals surface area (Å²) in [5.41, 5.74) is 9.50. The van der Waals surface area contributed by atoms with Gasteiger partial charge in [0.25, 0.3) is 0 Å². The van der Waals surface area contributed by atoms with Gasteiger partial charge in [-0.05, 0) is 67.4 Å². The first-order valence-electron chi connectivity index (χ1n) is 11.9. The zero-order valence-electron chi connectivity index (χ0n) is 20.0. The van der Waals surface area contributed by atoms with E-state index in [9.17, 15) is 0 Å². The second-order valence-corrected chi connectivity index (χ2v) is 9.46. The van der Waals surface area contributed by atoms with Crippen LogP contribution in [0.3, 0.4) is 0 Å². The van der Waals surface area contributed by atoms with E-state index >= 15 is 0 Å². The quantitative estimate of drug-likeness (QED) is 0.425. The van der Waals surface area contributed by atoms with Crippen LogP contribution in [0.15, 0.2) is 55.1 Å². The van der Waals surface area contributed by atoms with E-state index in [1.165, 1.54) is 52.7 Å². The number of allylic oxidation sites excluding steroid dienone is 1. The zero-order valence-corrected chi connectivity index (χ0v) is 20.0. The molecule has 1 aliphatic heterocycles. The van der Waals surface area contributed by atoms with Crippen LogP contribution in [0, 0.1) is 19.8 Å². The van der Waals surface area contributed by atoms with Gasteiger partial charge in [-0.3, -0.25) is 0 Å². The Balaban J connectivity index is 1.68.